The summed E-state index contributed by atoms with van der Waals surface area (Å²) in [6, 6.07) is 10.0. The van der Waals surface area contributed by atoms with Crippen LogP contribution in [0.5, 0.6) is 5.75 Å². The SMILES string of the molecule is CCCC(=O)N1CC2(C1)CN(Cc1ccncc1)[C@H](CO)c1[nH]c3cc(OC)ccc3c12. The van der Waals surface area contributed by atoms with Gasteiger partial charge in [-0.2, -0.15) is 0 Å². The minimum atomic E-state index is -0.149. The summed E-state index contributed by atoms with van der Waals surface area (Å²) in [5, 5.41) is 11.6. The minimum absolute atomic E-state index is 0.0244. The molecular formula is C25H30N4O3. The van der Waals surface area contributed by atoms with E-state index in [0.29, 0.717) is 19.5 Å². The Balaban J connectivity index is 1.58. The number of carbonyl (C=O) groups excluding carboxylic acids is 1. The molecule has 0 radical (unpaired) electrons. The number of ether oxygens (including phenoxy) is 1. The molecule has 7 nitrogen and oxygen atoms in total. The van der Waals surface area contributed by atoms with Gasteiger partial charge in [-0.25, -0.2) is 0 Å². The highest BCUT2D eigenvalue weighted by atomic mass is 16.5. The Morgan fingerprint density at radius 3 is 2.72 bits per heavy atom. The summed E-state index contributed by atoms with van der Waals surface area (Å²) >= 11 is 0. The van der Waals surface area contributed by atoms with Crippen LogP contribution in [0.15, 0.2) is 42.7 Å². The zero-order valence-electron chi connectivity index (χ0n) is 18.7. The summed E-state index contributed by atoms with van der Waals surface area (Å²) < 4.78 is 5.44. The molecule has 1 spiro atoms. The number of nitrogens with zero attached hydrogens (tertiary/aromatic N) is 3. The van der Waals surface area contributed by atoms with Gasteiger partial charge >= 0.3 is 0 Å². The Hall–Kier alpha value is -2.90. The number of aliphatic hydroxyl groups excluding tert-OH is 1. The molecule has 2 aromatic heterocycles. The quantitative estimate of drug-likeness (QED) is 0.623. The van der Waals surface area contributed by atoms with Crippen molar-refractivity contribution in [3.8, 4) is 5.75 Å². The number of nitrogens with one attached hydrogen (secondary N) is 1. The van der Waals surface area contributed by atoms with Crippen LogP contribution in [0.1, 0.15) is 42.6 Å². The van der Waals surface area contributed by atoms with Crippen LogP contribution >= 0.6 is 0 Å². The number of likely N-dealkylation sites (tertiary alicyclic amines) is 1. The number of carbonyl (C=O) groups is 1. The lowest BCUT2D eigenvalue weighted by Crippen LogP contribution is -2.67. The zero-order chi connectivity index (χ0) is 22.3. The first-order chi connectivity index (χ1) is 15.6. The maximum Gasteiger partial charge on any atom is 0.222 e. The summed E-state index contributed by atoms with van der Waals surface area (Å²) in [6.07, 6.45) is 5.06. The van der Waals surface area contributed by atoms with Gasteiger partial charge in [0.25, 0.3) is 0 Å². The van der Waals surface area contributed by atoms with E-state index < -0.39 is 0 Å². The average Bonchev–Trinajstić information content (AvgIpc) is 3.16. The van der Waals surface area contributed by atoms with Crippen LogP contribution in [0.2, 0.25) is 0 Å². The number of pyridine rings is 1. The number of methoxy groups -OCH3 is 1. The van der Waals surface area contributed by atoms with E-state index in [2.05, 4.69) is 20.9 Å². The molecule has 2 aliphatic heterocycles. The summed E-state index contributed by atoms with van der Waals surface area (Å²) in [4.78, 5) is 24.6. The van der Waals surface area contributed by atoms with Crippen molar-refractivity contribution in [2.45, 2.75) is 37.8 Å². The van der Waals surface area contributed by atoms with Crippen molar-refractivity contribution in [1.82, 2.24) is 19.8 Å². The maximum atomic E-state index is 12.6. The van der Waals surface area contributed by atoms with Crippen molar-refractivity contribution in [3.05, 3.63) is 59.5 Å². The molecule has 0 bridgehead atoms. The molecule has 1 aromatic carbocycles. The summed E-state index contributed by atoms with van der Waals surface area (Å²) in [7, 11) is 1.67. The number of aliphatic hydroxyl groups is 1. The van der Waals surface area contributed by atoms with Gasteiger partial charge in [-0.1, -0.05) is 6.92 Å². The number of hydrogen-bond acceptors (Lipinski definition) is 5. The molecule has 0 unspecified atom stereocenters. The summed E-state index contributed by atoms with van der Waals surface area (Å²) in [5.74, 6) is 1.03. The Morgan fingerprint density at radius 2 is 2.03 bits per heavy atom. The highest BCUT2D eigenvalue weighted by Crippen LogP contribution is 2.49. The smallest absolute Gasteiger partial charge is 0.222 e. The van der Waals surface area contributed by atoms with Crippen LogP contribution in [0, 0.1) is 0 Å². The van der Waals surface area contributed by atoms with E-state index in [-0.39, 0.29) is 24.0 Å². The monoisotopic (exact) mass is 434 g/mol. The molecule has 5 rings (SSSR count). The molecule has 0 saturated carbocycles. The van der Waals surface area contributed by atoms with Crippen molar-refractivity contribution in [2.24, 2.45) is 0 Å². The normalized spacial score (nSPS) is 19.7. The fourth-order valence-electron chi connectivity index (χ4n) is 5.49. The first kappa shape index (κ1) is 21.0. The van der Waals surface area contributed by atoms with Crippen LogP contribution in [0.25, 0.3) is 10.9 Å². The van der Waals surface area contributed by atoms with E-state index in [4.69, 9.17) is 4.74 Å². The molecule has 2 aliphatic rings. The van der Waals surface area contributed by atoms with E-state index in [1.165, 1.54) is 5.56 Å². The molecule has 32 heavy (non-hydrogen) atoms. The van der Waals surface area contributed by atoms with E-state index in [0.717, 1.165) is 47.4 Å². The number of aromatic nitrogens is 2. The summed E-state index contributed by atoms with van der Waals surface area (Å²) in [5.41, 5.74) is 4.33. The third kappa shape index (κ3) is 3.36. The first-order valence-electron chi connectivity index (χ1n) is 11.3. The number of aromatic amines is 1. The van der Waals surface area contributed by atoms with Crippen LogP contribution < -0.4 is 4.74 Å². The second-order valence-electron chi connectivity index (χ2n) is 9.06. The van der Waals surface area contributed by atoms with Crippen molar-refractivity contribution < 1.29 is 14.6 Å². The first-order valence-corrected chi connectivity index (χ1v) is 11.3. The molecule has 4 heterocycles. The number of hydrogen-bond donors (Lipinski definition) is 2. The third-order valence-electron chi connectivity index (χ3n) is 6.96. The second kappa shape index (κ2) is 8.22. The van der Waals surface area contributed by atoms with E-state index >= 15 is 0 Å². The number of rotatable bonds is 6. The molecule has 1 fully saturated rings. The molecule has 2 N–H and O–H groups in total. The highest BCUT2D eigenvalue weighted by molar-refractivity contribution is 5.89. The molecule has 1 saturated heterocycles. The van der Waals surface area contributed by atoms with Crippen molar-refractivity contribution in [3.63, 3.8) is 0 Å². The number of H-pyrrole nitrogens is 1. The zero-order valence-corrected chi connectivity index (χ0v) is 18.7. The molecule has 7 heteroatoms. The predicted molar refractivity (Wildman–Crippen MR) is 122 cm³/mol. The summed E-state index contributed by atoms with van der Waals surface area (Å²) in [6.45, 7) is 5.00. The fraction of sp³-hybridized carbons (Fsp3) is 0.440. The molecule has 3 aromatic rings. The van der Waals surface area contributed by atoms with Crippen molar-refractivity contribution in [1.29, 1.82) is 0 Å². The number of benzene rings is 1. The third-order valence-corrected chi connectivity index (χ3v) is 6.96. The van der Waals surface area contributed by atoms with Crippen LogP contribution in [0.4, 0.5) is 0 Å². The van der Waals surface area contributed by atoms with Crippen LogP contribution in [0.3, 0.4) is 0 Å². The fourth-order valence-corrected chi connectivity index (χ4v) is 5.49. The van der Waals surface area contributed by atoms with Gasteiger partial charge in [0.05, 0.1) is 19.8 Å². The molecule has 0 aliphatic carbocycles. The number of fused-ring (bicyclic) bond motifs is 4. The van der Waals surface area contributed by atoms with Crippen LogP contribution in [-0.2, 0) is 16.8 Å². The Labute approximate surface area is 188 Å². The molecule has 168 valence electrons. The molecule has 1 amide bonds. The lowest BCUT2D eigenvalue weighted by Gasteiger charge is -2.56. The van der Waals surface area contributed by atoms with Gasteiger partial charge in [0.15, 0.2) is 0 Å². The van der Waals surface area contributed by atoms with Gasteiger partial charge in [-0.05, 0) is 41.8 Å². The van der Waals surface area contributed by atoms with Gasteiger partial charge in [0.2, 0.25) is 5.91 Å². The van der Waals surface area contributed by atoms with E-state index in [9.17, 15) is 9.90 Å². The highest BCUT2D eigenvalue weighted by Gasteiger charge is 2.53. The maximum absolute atomic E-state index is 12.6. The number of amides is 1. The molecule has 1 atom stereocenters. The second-order valence-corrected chi connectivity index (χ2v) is 9.06. The van der Waals surface area contributed by atoms with Gasteiger partial charge in [0.1, 0.15) is 5.75 Å². The lowest BCUT2D eigenvalue weighted by atomic mass is 9.68. The average molecular weight is 435 g/mol. The van der Waals surface area contributed by atoms with Gasteiger partial charge < -0.3 is 19.7 Å². The lowest BCUT2D eigenvalue weighted by molar-refractivity contribution is -0.141. The Kier molecular flexibility index (Phi) is 5.39. The van der Waals surface area contributed by atoms with E-state index in [1.54, 1.807) is 19.5 Å². The predicted octanol–water partition coefficient (Wildman–Crippen LogP) is 3.00. The van der Waals surface area contributed by atoms with Crippen LogP contribution in [-0.4, -0.2) is 64.1 Å². The van der Waals surface area contributed by atoms with Crippen molar-refractivity contribution >= 4 is 16.8 Å². The standard InChI is InChI=1S/C25H30N4O3/c1-3-4-22(31)29-15-25(16-29)14-28(12-17-7-9-26-10-8-17)21(13-30)24-23(25)19-6-5-18(32-2)11-20(19)27-24/h5-11,21,27,30H,3-4,12-16H2,1-2H3/t21-/m1/s1. The van der Waals surface area contributed by atoms with E-state index in [1.807, 2.05) is 36.1 Å². The minimum Gasteiger partial charge on any atom is -0.497 e. The Bertz CT molecular complexity index is 1120. The topological polar surface area (TPSA) is 81.7 Å². The Morgan fingerprint density at radius 1 is 1.25 bits per heavy atom. The van der Waals surface area contributed by atoms with Crippen molar-refractivity contribution in [2.75, 3.05) is 33.4 Å². The van der Waals surface area contributed by atoms with Gasteiger partial charge in [-0.15, -0.1) is 0 Å². The van der Waals surface area contributed by atoms with Gasteiger partial charge in [-0.3, -0.25) is 14.7 Å². The largest absolute Gasteiger partial charge is 0.497 e. The molecular weight excluding hydrogens is 404 g/mol. The van der Waals surface area contributed by atoms with Gasteiger partial charge in [0, 0.05) is 73.1 Å².